The molecule has 1 aliphatic carbocycles. The van der Waals surface area contributed by atoms with Crippen molar-refractivity contribution in [2.75, 3.05) is 26.5 Å². The standard InChI is InChI=1S/C21H29ClN4O2S/c1-25(16-9-4-3-5-10-16)19(27)15-29-21-24-23-20(26(21)13-8-14-28-2)17-11-6-7-12-18(17)22/h6-7,11-12,16H,3-5,8-10,13-15H2,1-2H3. The number of methoxy groups -OCH3 is 1. The predicted molar refractivity (Wildman–Crippen MR) is 117 cm³/mol. The Balaban J connectivity index is 1.72. The Morgan fingerprint density at radius 1 is 1.28 bits per heavy atom. The molecule has 29 heavy (non-hydrogen) atoms. The molecule has 1 heterocycles. The van der Waals surface area contributed by atoms with Gasteiger partial charge in [-0.15, -0.1) is 10.2 Å². The molecule has 0 bridgehead atoms. The number of hydrogen-bond donors (Lipinski definition) is 0. The van der Waals surface area contributed by atoms with E-state index < -0.39 is 0 Å². The Hall–Kier alpha value is -1.57. The van der Waals surface area contributed by atoms with Gasteiger partial charge in [0.1, 0.15) is 0 Å². The smallest absolute Gasteiger partial charge is 0.233 e. The van der Waals surface area contributed by atoms with E-state index in [-0.39, 0.29) is 5.91 Å². The molecular formula is C21H29ClN4O2S. The number of carbonyl (C=O) groups is 1. The van der Waals surface area contributed by atoms with Crippen molar-refractivity contribution >= 4 is 29.3 Å². The second-order valence-corrected chi connectivity index (χ2v) is 8.72. The summed E-state index contributed by atoms with van der Waals surface area (Å²) in [6.07, 6.45) is 6.75. The normalized spacial score (nSPS) is 14.9. The highest BCUT2D eigenvalue weighted by Crippen LogP contribution is 2.30. The molecule has 8 heteroatoms. The Kier molecular flexibility index (Phi) is 8.39. The zero-order chi connectivity index (χ0) is 20.6. The molecule has 6 nitrogen and oxygen atoms in total. The van der Waals surface area contributed by atoms with Gasteiger partial charge >= 0.3 is 0 Å². The number of halogens is 1. The molecule has 3 rings (SSSR count). The molecule has 0 aliphatic heterocycles. The van der Waals surface area contributed by atoms with Gasteiger partial charge in [-0.05, 0) is 31.4 Å². The first-order valence-electron chi connectivity index (χ1n) is 10.2. The first-order valence-corrected chi connectivity index (χ1v) is 11.5. The third kappa shape index (κ3) is 5.74. The minimum atomic E-state index is 0.146. The van der Waals surface area contributed by atoms with E-state index in [4.69, 9.17) is 16.3 Å². The summed E-state index contributed by atoms with van der Waals surface area (Å²) < 4.78 is 7.24. The van der Waals surface area contributed by atoms with Crippen molar-refractivity contribution in [1.29, 1.82) is 0 Å². The molecule has 0 N–H and O–H groups in total. The van der Waals surface area contributed by atoms with Crippen LogP contribution in [0.3, 0.4) is 0 Å². The van der Waals surface area contributed by atoms with Crippen LogP contribution in [0.25, 0.3) is 11.4 Å². The van der Waals surface area contributed by atoms with Crippen LogP contribution in [0.15, 0.2) is 29.4 Å². The molecule has 1 saturated carbocycles. The van der Waals surface area contributed by atoms with Gasteiger partial charge < -0.3 is 14.2 Å². The number of carbonyl (C=O) groups excluding carboxylic acids is 1. The van der Waals surface area contributed by atoms with Crippen molar-refractivity contribution in [3.05, 3.63) is 29.3 Å². The highest BCUT2D eigenvalue weighted by molar-refractivity contribution is 7.99. The monoisotopic (exact) mass is 436 g/mol. The lowest BCUT2D eigenvalue weighted by Gasteiger charge is -2.31. The van der Waals surface area contributed by atoms with Crippen LogP contribution in [-0.4, -0.2) is 58.1 Å². The summed E-state index contributed by atoms with van der Waals surface area (Å²) in [7, 11) is 3.62. The van der Waals surface area contributed by atoms with Crippen molar-refractivity contribution in [3.8, 4) is 11.4 Å². The average Bonchev–Trinajstić information content (AvgIpc) is 3.15. The Morgan fingerprint density at radius 2 is 2.03 bits per heavy atom. The summed E-state index contributed by atoms with van der Waals surface area (Å²) in [5.41, 5.74) is 0.844. The Bertz CT molecular complexity index is 808. The first kappa shape index (κ1) is 22.1. The van der Waals surface area contributed by atoms with Crippen LogP contribution in [0, 0.1) is 0 Å². The fraction of sp³-hybridized carbons (Fsp3) is 0.571. The summed E-state index contributed by atoms with van der Waals surface area (Å²) >= 11 is 7.82. The second-order valence-electron chi connectivity index (χ2n) is 7.37. The highest BCUT2D eigenvalue weighted by Gasteiger charge is 2.23. The summed E-state index contributed by atoms with van der Waals surface area (Å²) in [6, 6.07) is 7.99. The lowest BCUT2D eigenvalue weighted by Crippen LogP contribution is -2.39. The third-order valence-corrected chi connectivity index (χ3v) is 6.68. The number of hydrogen-bond acceptors (Lipinski definition) is 5. The molecule has 0 saturated heterocycles. The van der Waals surface area contributed by atoms with Crippen LogP contribution in [-0.2, 0) is 16.1 Å². The van der Waals surface area contributed by atoms with Gasteiger partial charge in [0.05, 0.1) is 10.8 Å². The topological polar surface area (TPSA) is 60.2 Å². The molecule has 158 valence electrons. The molecular weight excluding hydrogens is 408 g/mol. The van der Waals surface area contributed by atoms with Crippen LogP contribution >= 0.6 is 23.4 Å². The van der Waals surface area contributed by atoms with E-state index >= 15 is 0 Å². The summed E-state index contributed by atoms with van der Waals surface area (Å²) in [4.78, 5) is 14.6. The molecule has 1 aliphatic rings. The maximum atomic E-state index is 12.7. The molecule has 0 atom stereocenters. The van der Waals surface area contributed by atoms with Gasteiger partial charge in [0.25, 0.3) is 0 Å². The van der Waals surface area contributed by atoms with Crippen molar-refractivity contribution in [2.45, 2.75) is 56.3 Å². The van der Waals surface area contributed by atoms with Crippen LogP contribution in [0.4, 0.5) is 0 Å². The average molecular weight is 437 g/mol. The quantitative estimate of drug-likeness (QED) is 0.427. The number of thioether (sulfide) groups is 1. The van der Waals surface area contributed by atoms with Crippen molar-refractivity contribution in [3.63, 3.8) is 0 Å². The predicted octanol–water partition coefficient (Wildman–Crippen LogP) is 4.52. The maximum Gasteiger partial charge on any atom is 0.233 e. The van der Waals surface area contributed by atoms with Crippen molar-refractivity contribution in [1.82, 2.24) is 19.7 Å². The van der Waals surface area contributed by atoms with E-state index in [0.717, 1.165) is 35.8 Å². The lowest BCUT2D eigenvalue weighted by molar-refractivity contribution is -0.129. The molecule has 0 radical (unpaired) electrons. The zero-order valence-electron chi connectivity index (χ0n) is 17.1. The van der Waals surface area contributed by atoms with Gasteiger partial charge in [-0.25, -0.2) is 0 Å². The molecule has 1 aromatic carbocycles. The Morgan fingerprint density at radius 3 is 2.76 bits per heavy atom. The fourth-order valence-electron chi connectivity index (χ4n) is 3.71. The molecule has 0 unspecified atom stereocenters. The third-order valence-electron chi connectivity index (χ3n) is 5.40. The van der Waals surface area contributed by atoms with Gasteiger partial charge in [-0.1, -0.05) is 54.8 Å². The number of benzene rings is 1. The number of rotatable bonds is 9. The second kappa shape index (κ2) is 11.0. The summed E-state index contributed by atoms with van der Waals surface area (Å²) in [5.74, 6) is 1.23. The van der Waals surface area contributed by atoms with E-state index in [1.54, 1.807) is 7.11 Å². The summed E-state index contributed by atoms with van der Waals surface area (Å²) in [5, 5.41) is 10.1. The lowest BCUT2D eigenvalue weighted by atomic mass is 9.94. The van der Waals surface area contributed by atoms with E-state index in [9.17, 15) is 4.79 Å². The van der Waals surface area contributed by atoms with E-state index in [1.165, 1.54) is 31.0 Å². The van der Waals surface area contributed by atoms with Crippen molar-refractivity contribution < 1.29 is 9.53 Å². The number of amides is 1. The van der Waals surface area contributed by atoms with Crippen LogP contribution in [0.1, 0.15) is 38.5 Å². The van der Waals surface area contributed by atoms with Gasteiger partial charge in [0, 0.05) is 38.9 Å². The highest BCUT2D eigenvalue weighted by atomic mass is 35.5. The van der Waals surface area contributed by atoms with Gasteiger partial charge in [-0.2, -0.15) is 0 Å². The number of nitrogens with zero attached hydrogens (tertiary/aromatic N) is 4. The molecule has 1 fully saturated rings. The van der Waals surface area contributed by atoms with Gasteiger partial charge in [0.15, 0.2) is 11.0 Å². The minimum Gasteiger partial charge on any atom is -0.385 e. The van der Waals surface area contributed by atoms with Crippen LogP contribution < -0.4 is 0 Å². The van der Waals surface area contributed by atoms with E-state index in [2.05, 4.69) is 10.2 Å². The molecule has 0 spiro atoms. The fourth-order valence-corrected chi connectivity index (χ4v) is 4.81. The first-order chi connectivity index (χ1) is 14.1. The Labute approximate surface area is 182 Å². The minimum absolute atomic E-state index is 0.146. The number of ether oxygens (including phenoxy) is 1. The van der Waals surface area contributed by atoms with E-state index in [0.29, 0.717) is 30.0 Å². The van der Waals surface area contributed by atoms with Crippen LogP contribution in [0.2, 0.25) is 5.02 Å². The summed E-state index contributed by atoms with van der Waals surface area (Å²) in [6.45, 7) is 1.35. The molecule has 1 aromatic heterocycles. The largest absolute Gasteiger partial charge is 0.385 e. The zero-order valence-corrected chi connectivity index (χ0v) is 18.7. The van der Waals surface area contributed by atoms with E-state index in [1.807, 2.05) is 40.8 Å². The van der Waals surface area contributed by atoms with Gasteiger partial charge in [-0.3, -0.25) is 4.79 Å². The number of aromatic nitrogens is 3. The van der Waals surface area contributed by atoms with Crippen LogP contribution in [0.5, 0.6) is 0 Å². The molecule has 2 aromatic rings. The van der Waals surface area contributed by atoms with Crippen molar-refractivity contribution in [2.24, 2.45) is 0 Å². The molecule has 1 amide bonds. The maximum absolute atomic E-state index is 12.7. The SMILES string of the molecule is COCCCn1c(SCC(=O)N(C)C2CCCCC2)nnc1-c1ccccc1Cl. The van der Waals surface area contributed by atoms with Gasteiger partial charge in [0.2, 0.25) is 5.91 Å².